The highest BCUT2D eigenvalue weighted by Gasteiger charge is 2.25. The number of sulfonamides is 1. The van der Waals surface area contributed by atoms with Gasteiger partial charge in [0.2, 0.25) is 15.9 Å². The van der Waals surface area contributed by atoms with Crippen LogP contribution in [0.4, 0.5) is 10.1 Å². The molecule has 1 aromatic rings. The Kier molecular flexibility index (Phi) is 5.30. The highest BCUT2D eigenvalue weighted by atomic mass is 32.2. The number of nitrogens with one attached hydrogen (secondary N) is 2. The van der Waals surface area contributed by atoms with E-state index in [1.54, 1.807) is 13.8 Å². The molecule has 1 rings (SSSR count). The summed E-state index contributed by atoms with van der Waals surface area (Å²) in [6.07, 6.45) is 0. The lowest BCUT2D eigenvalue weighted by atomic mass is 10.2. The Morgan fingerprint density at radius 1 is 1.29 bits per heavy atom. The van der Waals surface area contributed by atoms with Gasteiger partial charge in [-0.1, -0.05) is 0 Å². The Hall–Kier alpha value is -1.67. The maximum absolute atomic E-state index is 13.6. The van der Waals surface area contributed by atoms with Crippen molar-refractivity contribution in [1.29, 1.82) is 0 Å². The predicted molar refractivity (Wildman–Crippen MR) is 78.6 cm³/mol. The highest BCUT2D eigenvalue weighted by Crippen LogP contribution is 2.21. The number of rotatable bonds is 5. The van der Waals surface area contributed by atoms with Gasteiger partial charge in [0.1, 0.15) is 5.82 Å². The second-order valence-corrected chi connectivity index (χ2v) is 6.81. The molecule has 4 N–H and O–H groups in total. The third kappa shape index (κ3) is 4.40. The molecule has 0 fully saturated rings. The molecule has 0 aliphatic carbocycles. The smallest absolute Gasteiger partial charge is 0.241 e. The molecule has 8 heteroatoms. The van der Waals surface area contributed by atoms with Gasteiger partial charge in [-0.15, -0.1) is 0 Å². The van der Waals surface area contributed by atoms with Crippen molar-refractivity contribution in [2.24, 2.45) is 0 Å². The van der Waals surface area contributed by atoms with Crippen LogP contribution >= 0.6 is 0 Å². The molecule has 1 unspecified atom stereocenters. The quantitative estimate of drug-likeness (QED) is 0.702. The number of nitrogen functional groups attached to an aromatic ring is 1. The molecule has 118 valence electrons. The van der Waals surface area contributed by atoms with Crippen LogP contribution in [0.1, 0.15) is 26.3 Å². The summed E-state index contributed by atoms with van der Waals surface area (Å²) in [5, 5.41) is 2.59. The SMILES string of the molecule is Cc1c(F)cc(N)cc1S(=O)(=O)NC(C)C(=O)NC(C)C. The van der Waals surface area contributed by atoms with Crippen molar-refractivity contribution in [2.75, 3.05) is 5.73 Å². The van der Waals surface area contributed by atoms with Crippen molar-refractivity contribution in [3.8, 4) is 0 Å². The van der Waals surface area contributed by atoms with Gasteiger partial charge in [-0.25, -0.2) is 12.8 Å². The maximum Gasteiger partial charge on any atom is 0.241 e. The third-order valence-electron chi connectivity index (χ3n) is 2.76. The average molecular weight is 317 g/mol. The van der Waals surface area contributed by atoms with Crippen molar-refractivity contribution in [3.63, 3.8) is 0 Å². The zero-order valence-electron chi connectivity index (χ0n) is 12.4. The fourth-order valence-electron chi connectivity index (χ4n) is 1.71. The van der Waals surface area contributed by atoms with Crippen molar-refractivity contribution in [3.05, 3.63) is 23.5 Å². The van der Waals surface area contributed by atoms with Crippen LogP contribution in [0.15, 0.2) is 17.0 Å². The molecule has 0 saturated heterocycles. The van der Waals surface area contributed by atoms with Crippen molar-refractivity contribution < 1.29 is 17.6 Å². The van der Waals surface area contributed by atoms with Crippen LogP contribution in [0.5, 0.6) is 0 Å². The second-order valence-electron chi connectivity index (χ2n) is 5.13. The lowest BCUT2D eigenvalue weighted by molar-refractivity contribution is -0.122. The first-order valence-corrected chi connectivity index (χ1v) is 7.91. The van der Waals surface area contributed by atoms with Gasteiger partial charge in [0.05, 0.1) is 10.9 Å². The summed E-state index contributed by atoms with van der Waals surface area (Å²) in [6, 6.07) is 1.11. The summed E-state index contributed by atoms with van der Waals surface area (Å²) in [4.78, 5) is 11.5. The molecule has 21 heavy (non-hydrogen) atoms. The summed E-state index contributed by atoms with van der Waals surface area (Å²) < 4.78 is 40.3. The minimum Gasteiger partial charge on any atom is -0.399 e. The summed E-state index contributed by atoms with van der Waals surface area (Å²) in [5.41, 5.74) is 5.42. The highest BCUT2D eigenvalue weighted by molar-refractivity contribution is 7.89. The second kappa shape index (κ2) is 6.40. The Morgan fingerprint density at radius 2 is 1.86 bits per heavy atom. The normalized spacial score (nSPS) is 13.2. The summed E-state index contributed by atoms with van der Waals surface area (Å²) in [5.74, 6) is -1.18. The van der Waals surface area contributed by atoms with Crippen molar-refractivity contribution >= 4 is 21.6 Å². The molecule has 0 bridgehead atoms. The number of carbonyl (C=O) groups excluding carboxylic acids is 1. The number of benzene rings is 1. The summed E-state index contributed by atoms with van der Waals surface area (Å²) >= 11 is 0. The Labute approximate surface area is 124 Å². The van der Waals surface area contributed by atoms with E-state index in [0.29, 0.717) is 0 Å². The Morgan fingerprint density at radius 3 is 2.38 bits per heavy atom. The molecule has 0 radical (unpaired) electrons. The van der Waals surface area contributed by atoms with Crippen LogP contribution in [-0.4, -0.2) is 26.4 Å². The van der Waals surface area contributed by atoms with E-state index in [1.807, 2.05) is 0 Å². The predicted octanol–water partition coefficient (Wildman–Crippen LogP) is 0.908. The van der Waals surface area contributed by atoms with E-state index in [1.165, 1.54) is 13.8 Å². The van der Waals surface area contributed by atoms with Crippen LogP contribution in [0.2, 0.25) is 0 Å². The molecule has 1 aromatic carbocycles. The summed E-state index contributed by atoms with van der Waals surface area (Å²) in [6.45, 7) is 6.27. The van der Waals surface area contributed by atoms with Crippen LogP contribution in [0, 0.1) is 12.7 Å². The van der Waals surface area contributed by atoms with Crippen molar-refractivity contribution in [2.45, 2.75) is 44.7 Å². The average Bonchev–Trinajstić information content (AvgIpc) is 2.32. The number of hydrogen-bond acceptors (Lipinski definition) is 4. The fourth-order valence-corrected chi connectivity index (χ4v) is 3.20. The van der Waals surface area contributed by atoms with Crippen LogP contribution in [-0.2, 0) is 14.8 Å². The molecule has 6 nitrogen and oxygen atoms in total. The molecule has 1 atom stereocenters. The van der Waals surface area contributed by atoms with Crippen LogP contribution < -0.4 is 15.8 Å². The number of nitrogens with two attached hydrogens (primary N) is 1. The van der Waals surface area contributed by atoms with E-state index in [9.17, 15) is 17.6 Å². The first-order valence-electron chi connectivity index (χ1n) is 6.43. The first kappa shape index (κ1) is 17.4. The molecule has 0 aromatic heterocycles. The largest absolute Gasteiger partial charge is 0.399 e. The number of amides is 1. The van der Waals surface area contributed by atoms with Crippen LogP contribution in [0.3, 0.4) is 0 Å². The van der Waals surface area contributed by atoms with E-state index < -0.39 is 27.8 Å². The standard InChI is InChI=1S/C13H20FN3O3S/c1-7(2)16-13(18)9(4)17-21(19,20)12-6-10(15)5-11(14)8(12)3/h5-7,9,17H,15H2,1-4H3,(H,16,18). The van der Waals surface area contributed by atoms with Gasteiger partial charge >= 0.3 is 0 Å². The van der Waals surface area contributed by atoms with Gasteiger partial charge in [-0.05, 0) is 39.8 Å². The molecule has 0 saturated carbocycles. The lowest BCUT2D eigenvalue weighted by Crippen LogP contribution is -2.46. The Bertz CT molecular complexity index is 644. The molecule has 0 aliphatic rings. The molecule has 0 aliphatic heterocycles. The van der Waals surface area contributed by atoms with Gasteiger partial charge in [0.25, 0.3) is 0 Å². The molecule has 1 amide bonds. The third-order valence-corrected chi connectivity index (χ3v) is 4.43. The minimum atomic E-state index is -4.05. The van der Waals surface area contributed by atoms with E-state index >= 15 is 0 Å². The minimum absolute atomic E-state index is 0.00207. The van der Waals surface area contributed by atoms with Crippen molar-refractivity contribution in [1.82, 2.24) is 10.0 Å². The molecular formula is C13H20FN3O3S. The lowest BCUT2D eigenvalue weighted by Gasteiger charge is -2.17. The number of halogens is 1. The zero-order valence-corrected chi connectivity index (χ0v) is 13.2. The summed E-state index contributed by atoms with van der Waals surface area (Å²) in [7, 11) is -4.05. The monoisotopic (exact) mass is 317 g/mol. The molecular weight excluding hydrogens is 297 g/mol. The van der Waals surface area contributed by atoms with Gasteiger partial charge in [-0.3, -0.25) is 4.79 Å². The topological polar surface area (TPSA) is 101 Å². The maximum atomic E-state index is 13.6. The number of anilines is 1. The number of hydrogen-bond donors (Lipinski definition) is 3. The van der Waals surface area contributed by atoms with E-state index in [2.05, 4.69) is 10.0 Å². The molecule has 0 spiro atoms. The number of carbonyl (C=O) groups is 1. The molecule has 0 heterocycles. The van der Waals surface area contributed by atoms with Gasteiger partial charge in [0.15, 0.2) is 0 Å². The fraction of sp³-hybridized carbons (Fsp3) is 0.462. The van der Waals surface area contributed by atoms with E-state index in [4.69, 9.17) is 5.73 Å². The van der Waals surface area contributed by atoms with Crippen LogP contribution in [0.25, 0.3) is 0 Å². The zero-order chi connectivity index (χ0) is 16.4. The first-order chi connectivity index (χ1) is 9.54. The van der Waals surface area contributed by atoms with E-state index in [-0.39, 0.29) is 22.2 Å². The van der Waals surface area contributed by atoms with Gasteiger partial charge < -0.3 is 11.1 Å². The van der Waals surface area contributed by atoms with E-state index in [0.717, 1.165) is 12.1 Å². The van der Waals surface area contributed by atoms with Gasteiger partial charge in [0, 0.05) is 17.3 Å². The van der Waals surface area contributed by atoms with Gasteiger partial charge in [-0.2, -0.15) is 4.72 Å². The Balaban J connectivity index is 3.05.